The van der Waals surface area contributed by atoms with Gasteiger partial charge in [-0.25, -0.2) is 4.79 Å². The zero-order valence-electron chi connectivity index (χ0n) is 9.49. The lowest BCUT2D eigenvalue weighted by molar-refractivity contribution is -0.114. The number of carbonyl (C=O) groups is 2. The van der Waals surface area contributed by atoms with Crippen LogP contribution in [0.15, 0.2) is 0 Å². The van der Waals surface area contributed by atoms with Gasteiger partial charge in [-0.1, -0.05) is 0 Å². The first-order chi connectivity index (χ1) is 7.64. The number of nitrogens with one attached hydrogen (secondary N) is 2. The average Bonchev–Trinajstić information content (AvgIpc) is 2.29. The molecule has 1 heterocycles. The first-order valence-corrected chi connectivity index (χ1v) is 5.40. The van der Waals surface area contributed by atoms with E-state index in [1.165, 1.54) is 0 Å². The van der Waals surface area contributed by atoms with Crippen LogP contribution in [0.4, 0.5) is 4.79 Å². The molecule has 0 aliphatic carbocycles. The third-order valence-corrected chi connectivity index (χ3v) is 3.21. The van der Waals surface area contributed by atoms with Gasteiger partial charge in [-0.05, 0) is 33.0 Å². The van der Waals surface area contributed by atoms with E-state index in [4.69, 9.17) is 10.5 Å². The molecule has 0 saturated carbocycles. The lowest BCUT2D eigenvalue weighted by atomic mass is 9.74. The molecule has 1 unspecified atom stereocenters. The molecule has 1 atom stereocenters. The van der Waals surface area contributed by atoms with Crippen LogP contribution in [0.25, 0.3) is 0 Å². The number of nitrogens with two attached hydrogens (primary N) is 1. The molecular formula is C10H19N3O3. The minimum atomic E-state index is -0.793. The van der Waals surface area contributed by atoms with Crippen molar-refractivity contribution in [1.82, 2.24) is 10.6 Å². The fourth-order valence-electron chi connectivity index (χ4n) is 2.20. The van der Waals surface area contributed by atoms with Crippen LogP contribution >= 0.6 is 0 Å². The standard InChI is InChI=1S/C10H19N3O3/c1-12-8(6-14)10(7-16-9(11)15)2-4-13-5-3-10/h6,8,12-13H,2-5,7H2,1H3,(H2,11,15). The van der Waals surface area contributed by atoms with Crippen molar-refractivity contribution in [1.29, 1.82) is 0 Å². The van der Waals surface area contributed by atoms with Crippen molar-refractivity contribution in [3.63, 3.8) is 0 Å². The summed E-state index contributed by atoms with van der Waals surface area (Å²) in [5.41, 5.74) is 4.63. The van der Waals surface area contributed by atoms with Crippen molar-refractivity contribution in [2.24, 2.45) is 11.1 Å². The predicted molar refractivity (Wildman–Crippen MR) is 59.0 cm³/mol. The first-order valence-electron chi connectivity index (χ1n) is 5.40. The van der Waals surface area contributed by atoms with Crippen LogP contribution in [0.3, 0.4) is 0 Å². The van der Waals surface area contributed by atoms with E-state index in [1.807, 2.05) is 0 Å². The van der Waals surface area contributed by atoms with Crippen LogP contribution in [-0.4, -0.2) is 45.2 Å². The highest BCUT2D eigenvalue weighted by Crippen LogP contribution is 2.32. The number of piperidine rings is 1. The zero-order valence-corrected chi connectivity index (χ0v) is 9.49. The lowest BCUT2D eigenvalue weighted by Gasteiger charge is -2.40. The van der Waals surface area contributed by atoms with Crippen molar-refractivity contribution in [2.45, 2.75) is 18.9 Å². The second-order valence-electron chi connectivity index (χ2n) is 4.12. The average molecular weight is 229 g/mol. The summed E-state index contributed by atoms with van der Waals surface area (Å²) in [7, 11) is 1.73. The Balaban J connectivity index is 2.73. The largest absolute Gasteiger partial charge is 0.449 e. The van der Waals surface area contributed by atoms with Crippen LogP contribution in [0.2, 0.25) is 0 Å². The lowest BCUT2D eigenvalue weighted by Crippen LogP contribution is -2.53. The minimum Gasteiger partial charge on any atom is -0.449 e. The molecule has 1 aliphatic heterocycles. The number of rotatable bonds is 5. The van der Waals surface area contributed by atoms with Crippen molar-refractivity contribution < 1.29 is 14.3 Å². The van der Waals surface area contributed by atoms with Crippen molar-refractivity contribution in [2.75, 3.05) is 26.7 Å². The van der Waals surface area contributed by atoms with Crippen molar-refractivity contribution in [3.8, 4) is 0 Å². The maximum absolute atomic E-state index is 11.0. The Morgan fingerprint density at radius 2 is 2.25 bits per heavy atom. The molecule has 1 aliphatic rings. The summed E-state index contributed by atoms with van der Waals surface area (Å²) in [6, 6.07) is -0.311. The Morgan fingerprint density at radius 3 is 2.69 bits per heavy atom. The molecule has 0 aromatic carbocycles. The predicted octanol–water partition coefficient (Wildman–Crippen LogP) is -0.762. The molecule has 0 aromatic rings. The molecule has 4 N–H and O–H groups in total. The number of amides is 1. The Bertz CT molecular complexity index is 252. The fraction of sp³-hybridized carbons (Fsp3) is 0.800. The maximum atomic E-state index is 11.0. The number of hydrogen-bond donors (Lipinski definition) is 3. The highest BCUT2D eigenvalue weighted by atomic mass is 16.5. The van der Waals surface area contributed by atoms with Gasteiger partial charge in [0.1, 0.15) is 12.9 Å². The summed E-state index contributed by atoms with van der Waals surface area (Å²) in [6.07, 6.45) is 1.64. The van der Waals surface area contributed by atoms with Crippen molar-refractivity contribution in [3.05, 3.63) is 0 Å². The molecule has 0 radical (unpaired) electrons. The van der Waals surface area contributed by atoms with Gasteiger partial charge in [0.05, 0.1) is 6.04 Å². The van der Waals surface area contributed by atoms with Crippen LogP contribution in [-0.2, 0) is 9.53 Å². The maximum Gasteiger partial charge on any atom is 0.404 e. The minimum absolute atomic E-state index is 0.189. The fourth-order valence-corrected chi connectivity index (χ4v) is 2.20. The second-order valence-corrected chi connectivity index (χ2v) is 4.12. The van der Waals surface area contributed by atoms with Gasteiger partial charge < -0.3 is 25.9 Å². The van der Waals surface area contributed by atoms with Gasteiger partial charge >= 0.3 is 6.09 Å². The van der Waals surface area contributed by atoms with E-state index in [0.29, 0.717) is 0 Å². The smallest absolute Gasteiger partial charge is 0.404 e. The third kappa shape index (κ3) is 2.93. The second kappa shape index (κ2) is 5.81. The summed E-state index contributed by atoms with van der Waals surface area (Å²) >= 11 is 0. The molecule has 1 rings (SSSR count). The van der Waals surface area contributed by atoms with E-state index in [-0.39, 0.29) is 18.1 Å². The Morgan fingerprint density at radius 1 is 1.62 bits per heavy atom. The normalized spacial score (nSPS) is 21.1. The molecule has 0 aromatic heterocycles. The quantitative estimate of drug-likeness (QED) is 0.539. The number of primary amides is 1. The summed E-state index contributed by atoms with van der Waals surface area (Å²) in [5, 5.41) is 6.17. The van der Waals surface area contributed by atoms with Crippen molar-refractivity contribution >= 4 is 12.4 Å². The highest BCUT2D eigenvalue weighted by molar-refractivity contribution is 5.65. The van der Waals surface area contributed by atoms with Gasteiger partial charge in [-0.3, -0.25) is 0 Å². The van der Waals surface area contributed by atoms with Gasteiger partial charge in [-0.2, -0.15) is 0 Å². The van der Waals surface area contributed by atoms with E-state index >= 15 is 0 Å². The Kier molecular flexibility index (Phi) is 4.70. The summed E-state index contributed by atoms with van der Waals surface area (Å²) in [5.74, 6) is 0. The Hall–Kier alpha value is -1.14. The van der Waals surface area contributed by atoms with E-state index in [0.717, 1.165) is 32.2 Å². The monoisotopic (exact) mass is 229 g/mol. The molecule has 1 fully saturated rings. The molecule has 0 bridgehead atoms. The van der Waals surface area contributed by atoms with Crippen LogP contribution in [0.1, 0.15) is 12.8 Å². The van der Waals surface area contributed by atoms with Gasteiger partial charge in [0.25, 0.3) is 0 Å². The number of likely N-dealkylation sites (N-methyl/N-ethyl adjacent to an activating group) is 1. The van der Waals surface area contributed by atoms with E-state index in [1.54, 1.807) is 7.05 Å². The SMILES string of the molecule is CNC(C=O)C1(COC(N)=O)CCNCC1. The summed E-state index contributed by atoms with van der Waals surface area (Å²) in [6.45, 7) is 1.82. The number of hydrogen-bond acceptors (Lipinski definition) is 5. The molecule has 92 valence electrons. The van der Waals surface area contributed by atoms with E-state index in [9.17, 15) is 9.59 Å². The topological polar surface area (TPSA) is 93.4 Å². The Labute approximate surface area is 94.9 Å². The molecule has 1 amide bonds. The molecule has 0 spiro atoms. The molecular weight excluding hydrogens is 210 g/mol. The van der Waals surface area contributed by atoms with Gasteiger partial charge in [0.15, 0.2) is 0 Å². The van der Waals surface area contributed by atoms with Crippen LogP contribution in [0.5, 0.6) is 0 Å². The third-order valence-electron chi connectivity index (χ3n) is 3.21. The van der Waals surface area contributed by atoms with Crippen LogP contribution < -0.4 is 16.4 Å². The number of aldehydes is 1. The first kappa shape index (κ1) is 12.9. The summed E-state index contributed by atoms with van der Waals surface area (Å²) in [4.78, 5) is 21.7. The highest BCUT2D eigenvalue weighted by Gasteiger charge is 2.40. The van der Waals surface area contributed by atoms with Crippen LogP contribution in [0, 0.1) is 5.41 Å². The van der Waals surface area contributed by atoms with E-state index in [2.05, 4.69) is 10.6 Å². The van der Waals surface area contributed by atoms with E-state index < -0.39 is 6.09 Å². The van der Waals surface area contributed by atoms with Gasteiger partial charge in [0.2, 0.25) is 0 Å². The molecule has 6 heteroatoms. The molecule has 1 saturated heterocycles. The molecule has 16 heavy (non-hydrogen) atoms. The van der Waals surface area contributed by atoms with Gasteiger partial charge in [0, 0.05) is 5.41 Å². The number of ether oxygens (including phenoxy) is 1. The van der Waals surface area contributed by atoms with Gasteiger partial charge in [-0.15, -0.1) is 0 Å². The zero-order chi connectivity index (χ0) is 12.0. The number of carbonyl (C=O) groups excluding carboxylic acids is 2. The summed E-state index contributed by atoms with van der Waals surface area (Å²) < 4.78 is 4.88. The molecule has 6 nitrogen and oxygen atoms in total.